The number of halogens is 1. The van der Waals surface area contributed by atoms with Crippen LogP contribution in [0.3, 0.4) is 0 Å². The SMILES string of the molecule is O=S(=O)(CF)O[SiH3]. The van der Waals surface area contributed by atoms with Crippen LogP contribution in [0.15, 0.2) is 0 Å². The predicted octanol–water partition coefficient (Wildman–Crippen LogP) is -1.46. The van der Waals surface area contributed by atoms with Gasteiger partial charge in [-0.25, -0.2) is 4.39 Å². The molecule has 0 rings (SSSR count). The van der Waals surface area contributed by atoms with Gasteiger partial charge in [-0.1, -0.05) is 0 Å². The minimum absolute atomic E-state index is 0.0291. The highest BCUT2D eigenvalue weighted by Gasteiger charge is 2.03. The Hall–Kier alpha value is 0.0569. The summed E-state index contributed by atoms with van der Waals surface area (Å²) in [5, 5.41) is 0. The monoisotopic (exact) mass is 144 g/mol. The van der Waals surface area contributed by atoms with Crippen molar-refractivity contribution < 1.29 is 16.7 Å². The van der Waals surface area contributed by atoms with Gasteiger partial charge in [0.15, 0.2) is 10.5 Å². The molecule has 0 aliphatic rings. The van der Waals surface area contributed by atoms with Crippen molar-refractivity contribution in [1.29, 1.82) is 0 Å². The molecule has 44 valence electrons. The molecule has 0 saturated heterocycles. The van der Waals surface area contributed by atoms with E-state index in [1.807, 2.05) is 0 Å². The maximum Gasteiger partial charge on any atom is 0.286 e. The summed E-state index contributed by atoms with van der Waals surface area (Å²) in [6.07, 6.45) is 0. The molecule has 3 nitrogen and oxygen atoms in total. The summed E-state index contributed by atoms with van der Waals surface area (Å²) < 4.78 is 34.5. The lowest BCUT2D eigenvalue weighted by Gasteiger charge is -1.89. The Morgan fingerprint density at radius 3 is 2.14 bits per heavy atom. The number of hydrogen-bond acceptors (Lipinski definition) is 3. The van der Waals surface area contributed by atoms with Gasteiger partial charge in [0.1, 0.15) is 0 Å². The van der Waals surface area contributed by atoms with Crippen molar-refractivity contribution in [3.05, 3.63) is 0 Å². The van der Waals surface area contributed by atoms with E-state index in [1.165, 1.54) is 0 Å². The van der Waals surface area contributed by atoms with E-state index in [-0.39, 0.29) is 10.5 Å². The van der Waals surface area contributed by atoms with Gasteiger partial charge in [-0.3, -0.25) is 0 Å². The van der Waals surface area contributed by atoms with Crippen LogP contribution in [0.1, 0.15) is 0 Å². The van der Waals surface area contributed by atoms with Gasteiger partial charge in [0.05, 0.1) is 0 Å². The summed E-state index contributed by atoms with van der Waals surface area (Å²) in [6.45, 7) is 0. The molecule has 7 heavy (non-hydrogen) atoms. The Labute approximate surface area is 44.1 Å². The zero-order chi connectivity index (χ0) is 5.91. The number of rotatable bonds is 2. The van der Waals surface area contributed by atoms with Gasteiger partial charge in [0.25, 0.3) is 10.1 Å². The Morgan fingerprint density at radius 2 is 2.14 bits per heavy atom. The van der Waals surface area contributed by atoms with Crippen molar-refractivity contribution in [3.8, 4) is 0 Å². The van der Waals surface area contributed by atoms with Crippen LogP contribution >= 0.6 is 0 Å². The highest BCUT2D eigenvalue weighted by Crippen LogP contribution is 1.86. The highest BCUT2D eigenvalue weighted by atomic mass is 32.2. The minimum Gasteiger partial charge on any atom is -0.325 e. The molecular formula is CH5FO3SSi. The van der Waals surface area contributed by atoms with Crippen molar-refractivity contribution in [2.24, 2.45) is 0 Å². The molecule has 0 spiro atoms. The fraction of sp³-hybridized carbons (Fsp3) is 1.00. The smallest absolute Gasteiger partial charge is 0.286 e. The zero-order valence-electron chi connectivity index (χ0n) is 3.72. The average molecular weight is 144 g/mol. The Kier molecular flexibility index (Phi) is 2.41. The molecule has 0 fully saturated rings. The number of hydrogen-bond donors (Lipinski definition) is 0. The topological polar surface area (TPSA) is 43.4 Å². The van der Waals surface area contributed by atoms with E-state index in [0.717, 1.165) is 0 Å². The molecule has 0 bridgehead atoms. The Balaban J connectivity index is 3.89. The molecule has 0 N–H and O–H groups in total. The van der Waals surface area contributed by atoms with Crippen molar-refractivity contribution in [3.63, 3.8) is 0 Å². The van der Waals surface area contributed by atoms with Crippen LogP contribution in [-0.2, 0) is 14.0 Å². The lowest BCUT2D eigenvalue weighted by Crippen LogP contribution is -2.03. The summed E-state index contributed by atoms with van der Waals surface area (Å²) in [7, 11) is -3.73. The minimum atomic E-state index is -3.76. The summed E-state index contributed by atoms with van der Waals surface area (Å²) >= 11 is 0. The second-order valence-electron chi connectivity index (χ2n) is 0.833. The third-order valence-electron chi connectivity index (χ3n) is 0.388. The van der Waals surface area contributed by atoms with E-state index >= 15 is 0 Å². The van der Waals surface area contributed by atoms with Crippen LogP contribution in [-0.4, -0.2) is 24.9 Å². The molecule has 0 aliphatic heterocycles. The van der Waals surface area contributed by atoms with Gasteiger partial charge < -0.3 is 3.87 Å². The molecule has 0 unspecified atom stereocenters. The first kappa shape index (κ1) is 7.06. The summed E-state index contributed by atoms with van der Waals surface area (Å²) in [5.74, 6) is 0. The quantitative estimate of drug-likeness (QED) is 0.445. The van der Waals surface area contributed by atoms with Crippen LogP contribution in [0.25, 0.3) is 0 Å². The largest absolute Gasteiger partial charge is 0.325 e. The second-order valence-corrected chi connectivity index (χ2v) is 3.50. The van der Waals surface area contributed by atoms with Crippen LogP contribution in [0, 0.1) is 0 Å². The average Bonchev–Trinajstić information content (AvgIpc) is 1.68. The molecule has 0 aliphatic carbocycles. The van der Waals surface area contributed by atoms with E-state index in [4.69, 9.17) is 0 Å². The lowest BCUT2D eigenvalue weighted by atomic mass is 11.8. The lowest BCUT2D eigenvalue weighted by molar-refractivity contribution is 0.467. The van der Waals surface area contributed by atoms with Gasteiger partial charge >= 0.3 is 0 Å². The first-order chi connectivity index (χ1) is 3.12. The van der Waals surface area contributed by atoms with E-state index < -0.39 is 16.1 Å². The van der Waals surface area contributed by atoms with Gasteiger partial charge in [-0.05, 0) is 0 Å². The van der Waals surface area contributed by atoms with Crippen LogP contribution in [0.4, 0.5) is 4.39 Å². The molecule has 0 amide bonds. The van der Waals surface area contributed by atoms with E-state index in [0.29, 0.717) is 0 Å². The fourth-order valence-electron chi connectivity index (χ4n) is 0.0445. The third kappa shape index (κ3) is 2.72. The Bertz CT molecular complexity index is 118. The summed E-state index contributed by atoms with van der Waals surface area (Å²) in [5.41, 5.74) is 0. The van der Waals surface area contributed by atoms with E-state index in [2.05, 4.69) is 3.87 Å². The summed E-state index contributed by atoms with van der Waals surface area (Å²) in [6, 6.07) is -1.42. The molecule has 0 aromatic heterocycles. The molecule has 6 heteroatoms. The van der Waals surface area contributed by atoms with E-state index in [1.54, 1.807) is 0 Å². The molecule has 0 radical (unpaired) electrons. The summed E-state index contributed by atoms with van der Waals surface area (Å²) in [4.78, 5) is 0. The normalized spacial score (nSPS) is 12.1. The molecule has 0 aromatic carbocycles. The highest BCUT2D eigenvalue weighted by molar-refractivity contribution is 7.87. The molecule has 0 heterocycles. The standard InChI is InChI=1S/CH5FO3SSi/c2-1-6(3,4)5-7/h1H2,7H3. The van der Waals surface area contributed by atoms with E-state index in [9.17, 15) is 12.8 Å². The van der Waals surface area contributed by atoms with Gasteiger partial charge in [0, 0.05) is 0 Å². The first-order valence-corrected chi connectivity index (χ1v) is 3.86. The molecule has 0 atom stereocenters. The molecular weight excluding hydrogens is 139 g/mol. The van der Waals surface area contributed by atoms with Crippen molar-refractivity contribution in [2.45, 2.75) is 0 Å². The predicted molar refractivity (Wildman–Crippen MR) is 25.9 cm³/mol. The molecule has 0 saturated carbocycles. The fourth-order valence-corrected chi connectivity index (χ4v) is 0.401. The van der Waals surface area contributed by atoms with Crippen molar-refractivity contribution in [1.82, 2.24) is 0 Å². The third-order valence-corrected chi connectivity index (χ3v) is 2.69. The van der Waals surface area contributed by atoms with Gasteiger partial charge in [0.2, 0.25) is 6.01 Å². The zero-order valence-corrected chi connectivity index (χ0v) is 6.53. The van der Waals surface area contributed by atoms with Crippen molar-refractivity contribution >= 4 is 20.6 Å². The first-order valence-electron chi connectivity index (χ1n) is 1.46. The van der Waals surface area contributed by atoms with Crippen LogP contribution in [0.5, 0.6) is 0 Å². The maximum atomic E-state index is 11.1. The Morgan fingerprint density at radius 1 is 1.71 bits per heavy atom. The molecule has 0 aromatic rings. The maximum absolute atomic E-state index is 11.1. The number of alkyl halides is 1. The second kappa shape index (κ2) is 2.39. The van der Waals surface area contributed by atoms with Crippen molar-refractivity contribution in [2.75, 3.05) is 6.01 Å². The van der Waals surface area contributed by atoms with Crippen LogP contribution < -0.4 is 0 Å². The van der Waals surface area contributed by atoms with Crippen LogP contribution in [0.2, 0.25) is 0 Å². The van der Waals surface area contributed by atoms with Gasteiger partial charge in [-0.15, -0.1) is 0 Å². The van der Waals surface area contributed by atoms with Gasteiger partial charge in [-0.2, -0.15) is 8.42 Å².